The van der Waals surface area contributed by atoms with Crippen molar-refractivity contribution in [2.45, 2.75) is 0 Å². The Kier molecular flexibility index (Phi) is 7.51. The summed E-state index contributed by atoms with van der Waals surface area (Å²) in [5.74, 6) is -1.00. The number of aromatic carboxylic acids is 1. The van der Waals surface area contributed by atoms with Gasteiger partial charge in [0, 0.05) is 0 Å². The summed E-state index contributed by atoms with van der Waals surface area (Å²) >= 11 is -1.98. The SMILES string of the molecule is Nc1ccc(C(=O)O)cc1N.c1cc[c]([Sn]([c]2ccccc2)[c]2ccccc2)cc1. The second kappa shape index (κ2) is 10.5. The van der Waals surface area contributed by atoms with Crippen LogP contribution in [-0.2, 0) is 0 Å². The van der Waals surface area contributed by atoms with E-state index in [0.29, 0.717) is 11.4 Å². The molecule has 149 valence electrons. The first kappa shape index (κ1) is 21.5. The predicted octanol–water partition coefficient (Wildman–Crippen LogP) is 2.75. The Balaban J connectivity index is 0.000000199. The number of hydrogen-bond donors (Lipinski definition) is 3. The summed E-state index contributed by atoms with van der Waals surface area (Å²) in [6.07, 6.45) is 0. The Hall–Kier alpha value is -3.25. The molecule has 1 radical (unpaired) electrons. The van der Waals surface area contributed by atoms with E-state index < -0.39 is 25.7 Å². The van der Waals surface area contributed by atoms with Gasteiger partial charge in [-0.05, 0) is 18.2 Å². The van der Waals surface area contributed by atoms with Crippen molar-refractivity contribution in [3.8, 4) is 0 Å². The molecule has 0 heterocycles. The number of carboxylic acids is 1. The Bertz CT molecular complexity index is 994. The van der Waals surface area contributed by atoms with Crippen LogP contribution < -0.4 is 22.2 Å². The number of anilines is 2. The predicted molar refractivity (Wildman–Crippen MR) is 126 cm³/mol. The third-order valence-electron chi connectivity index (χ3n) is 4.52. The van der Waals surface area contributed by atoms with Gasteiger partial charge in [0.15, 0.2) is 0 Å². The maximum atomic E-state index is 10.4. The van der Waals surface area contributed by atoms with Gasteiger partial charge in [-0.15, -0.1) is 0 Å². The van der Waals surface area contributed by atoms with Crippen LogP contribution >= 0.6 is 0 Å². The molecule has 0 unspecified atom stereocenters. The molecule has 0 aliphatic carbocycles. The minimum absolute atomic E-state index is 0.150. The van der Waals surface area contributed by atoms with Crippen molar-refractivity contribution in [1.29, 1.82) is 0 Å². The normalized spacial score (nSPS) is 10.2. The first-order valence-electron chi connectivity index (χ1n) is 9.48. The average Bonchev–Trinajstić information content (AvgIpc) is 2.78. The molecule has 5 heteroatoms. The van der Waals surface area contributed by atoms with Crippen molar-refractivity contribution in [1.82, 2.24) is 0 Å². The molecule has 0 amide bonds. The van der Waals surface area contributed by atoms with Crippen molar-refractivity contribution < 1.29 is 9.90 Å². The van der Waals surface area contributed by atoms with Crippen LogP contribution in [-0.4, -0.2) is 30.8 Å². The summed E-state index contributed by atoms with van der Waals surface area (Å²) in [4.78, 5) is 10.4. The Morgan fingerprint density at radius 3 is 1.33 bits per heavy atom. The van der Waals surface area contributed by atoms with E-state index in [4.69, 9.17) is 16.6 Å². The van der Waals surface area contributed by atoms with Crippen molar-refractivity contribution >= 4 is 47.8 Å². The zero-order valence-corrected chi connectivity index (χ0v) is 19.3. The molecule has 4 rings (SSSR count). The molecule has 30 heavy (non-hydrogen) atoms. The van der Waals surface area contributed by atoms with E-state index in [2.05, 4.69) is 91.0 Å². The van der Waals surface area contributed by atoms with Gasteiger partial charge < -0.3 is 16.6 Å². The molecule has 0 atom stereocenters. The standard InChI is InChI=1S/C7H8N2O2.3C6H5.Sn/c8-5-2-1-4(7(10)11)3-6(5)9;3*1-2-4-6-5-3-1;/h1-3H,8-9H2,(H,10,11);3*1-5H;. The van der Waals surface area contributed by atoms with Crippen molar-refractivity contribution in [3.63, 3.8) is 0 Å². The number of carbonyl (C=O) groups is 1. The van der Waals surface area contributed by atoms with Gasteiger partial charge in [-0.3, -0.25) is 0 Å². The van der Waals surface area contributed by atoms with Crippen molar-refractivity contribution in [2.75, 3.05) is 11.5 Å². The number of benzene rings is 4. The van der Waals surface area contributed by atoms with Crippen LogP contribution in [0.3, 0.4) is 0 Å². The molecule has 0 aliphatic rings. The summed E-state index contributed by atoms with van der Waals surface area (Å²) < 4.78 is 4.59. The average molecular weight is 502 g/mol. The Labute approximate surface area is 183 Å². The van der Waals surface area contributed by atoms with Crippen LogP contribution in [0.1, 0.15) is 10.4 Å². The molecular formula is C25H23N2O2Sn. The Morgan fingerprint density at radius 1 is 0.600 bits per heavy atom. The molecule has 0 bridgehead atoms. The molecule has 5 N–H and O–H groups in total. The van der Waals surface area contributed by atoms with Crippen LogP contribution in [0, 0.1) is 0 Å². The molecule has 0 saturated heterocycles. The molecule has 0 spiro atoms. The second-order valence-electron chi connectivity index (χ2n) is 6.62. The molecule has 0 aliphatic heterocycles. The first-order chi connectivity index (χ1) is 14.6. The van der Waals surface area contributed by atoms with Gasteiger partial charge in [0.1, 0.15) is 0 Å². The zero-order valence-electron chi connectivity index (χ0n) is 16.4. The molecular weight excluding hydrogens is 479 g/mol. The van der Waals surface area contributed by atoms with Crippen molar-refractivity contribution in [3.05, 3.63) is 115 Å². The van der Waals surface area contributed by atoms with Crippen LogP contribution in [0.2, 0.25) is 0 Å². The zero-order chi connectivity index (χ0) is 21.3. The van der Waals surface area contributed by atoms with Gasteiger partial charge >= 0.3 is 127 Å². The van der Waals surface area contributed by atoms with Gasteiger partial charge in [0.2, 0.25) is 0 Å². The number of nitrogen functional groups attached to an aromatic ring is 2. The maximum absolute atomic E-state index is 10.4. The fourth-order valence-corrected chi connectivity index (χ4v) is 10.4. The van der Waals surface area contributed by atoms with E-state index in [1.807, 2.05) is 0 Å². The van der Waals surface area contributed by atoms with E-state index in [0.717, 1.165) is 0 Å². The van der Waals surface area contributed by atoms with Gasteiger partial charge in [-0.2, -0.15) is 0 Å². The van der Waals surface area contributed by atoms with E-state index in [-0.39, 0.29) is 5.56 Å². The molecule has 4 aromatic carbocycles. The summed E-state index contributed by atoms with van der Waals surface area (Å²) in [5.41, 5.74) is 11.6. The fraction of sp³-hybridized carbons (Fsp3) is 0. The monoisotopic (exact) mass is 503 g/mol. The summed E-state index contributed by atoms with van der Waals surface area (Å²) in [6.45, 7) is 0. The van der Waals surface area contributed by atoms with Crippen LogP contribution in [0.4, 0.5) is 11.4 Å². The molecule has 0 aromatic heterocycles. The van der Waals surface area contributed by atoms with E-state index >= 15 is 0 Å². The molecule has 4 aromatic rings. The topological polar surface area (TPSA) is 89.3 Å². The number of carboxylic acid groups (broad SMARTS) is 1. The number of rotatable bonds is 4. The fourth-order valence-electron chi connectivity index (χ4n) is 3.02. The third kappa shape index (κ3) is 5.64. The molecule has 0 fully saturated rings. The van der Waals surface area contributed by atoms with E-state index in [9.17, 15) is 4.79 Å². The number of nitrogens with two attached hydrogens (primary N) is 2. The van der Waals surface area contributed by atoms with Gasteiger partial charge in [-0.1, -0.05) is 0 Å². The first-order valence-corrected chi connectivity index (χ1v) is 13.8. The van der Waals surface area contributed by atoms with E-state index in [1.165, 1.54) is 28.9 Å². The summed E-state index contributed by atoms with van der Waals surface area (Å²) in [6, 6.07) is 37.2. The quantitative estimate of drug-likeness (QED) is 0.296. The number of hydrogen-bond acceptors (Lipinski definition) is 3. The minimum atomic E-state index is -1.98. The van der Waals surface area contributed by atoms with Crippen LogP contribution in [0.5, 0.6) is 0 Å². The van der Waals surface area contributed by atoms with Gasteiger partial charge in [-0.25, -0.2) is 4.79 Å². The van der Waals surface area contributed by atoms with Gasteiger partial charge in [0.25, 0.3) is 0 Å². The molecule has 4 nitrogen and oxygen atoms in total. The second-order valence-corrected chi connectivity index (χ2v) is 13.7. The summed E-state index contributed by atoms with van der Waals surface area (Å²) in [5, 5.41) is 8.50. The van der Waals surface area contributed by atoms with Crippen molar-refractivity contribution in [2.24, 2.45) is 0 Å². The Morgan fingerprint density at radius 2 is 1.00 bits per heavy atom. The van der Waals surface area contributed by atoms with Crippen LogP contribution in [0.25, 0.3) is 0 Å². The van der Waals surface area contributed by atoms with Gasteiger partial charge in [0.05, 0.1) is 16.9 Å². The summed E-state index contributed by atoms with van der Waals surface area (Å²) in [7, 11) is 0. The third-order valence-corrected chi connectivity index (χ3v) is 12.3. The van der Waals surface area contributed by atoms with Crippen LogP contribution in [0.15, 0.2) is 109 Å². The van der Waals surface area contributed by atoms with E-state index in [1.54, 1.807) is 0 Å². The molecule has 0 saturated carbocycles.